The van der Waals surface area contributed by atoms with E-state index in [0.717, 1.165) is 44.1 Å². The summed E-state index contributed by atoms with van der Waals surface area (Å²) in [6, 6.07) is 9.38. The molecule has 6 heteroatoms. The van der Waals surface area contributed by atoms with Gasteiger partial charge in [-0.15, -0.1) is 0 Å². The molecule has 0 bridgehead atoms. The number of hydrogen-bond donors (Lipinski definition) is 0. The first-order chi connectivity index (χ1) is 11.7. The molecule has 1 aliphatic rings. The SMILES string of the molecule is Cc1cnn(CC2CN(CCOc3cccc(C#N)c3)CCO2)c1. The van der Waals surface area contributed by atoms with Gasteiger partial charge in [0.25, 0.3) is 0 Å². The van der Waals surface area contributed by atoms with Gasteiger partial charge in [-0.05, 0) is 30.7 Å². The van der Waals surface area contributed by atoms with Crippen LogP contribution < -0.4 is 4.74 Å². The van der Waals surface area contributed by atoms with E-state index < -0.39 is 0 Å². The van der Waals surface area contributed by atoms with Crippen LogP contribution in [0.4, 0.5) is 0 Å². The standard InChI is InChI=1S/C18H22N4O2/c1-15-11-20-22(12-15)14-18-13-21(6-8-24-18)5-7-23-17-4-2-3-16(9-17)10-19/h2-4,9,11-12,18H,5-8,13-14H2,1H3. The van der Waals surface area contributed by atoms with Gasteiger partial charge in [0.1, 0.15) is 12.4 Å². The molecule has 0 aliphatic carbocycles. The molecule has 0 amide bonds. The predicted molar refractivity (Wildman–Crippen MR) is 89.8 cm³/mol. The van der Waals surface area contributed by atoms with Crippen molar-refractivity contribution in [3.63, 3.8) is 0 Å². The van der Waals surface area contributed by atoms with Crippen molar-refractivity contribution in [3.05, 3.63) is 47.8 Å². The molecule has 1 aromatic heterocycles. The summed E-state index contributed by atoms with van der Waals surface area (Å²) in [4.78, 5) is 2.35. The van der Waals surface area contributed by atoms with Crippen LogP contribution in [-0.2, 0) is 11.3 Å². The Bertz CT molecular complexity index is 707. The van der Waals surface area contributed by atoms with E-state index in [9.17, 15) is 0 Å². The van der Waals surface area contributed by atoms with Crippen LogP contribution in [0.5, 0.6) is 5.75 Å². The van der Waals surface area contributed by atoms with Gasteiger partial charge in [0.15, 0.2) is 0 Å². The fourth-order valence-electron chi connectivity index (χ4n) is 2.82. The zero-order chi connectivity index (χ0) is 16.8. The van der Waals surface area contributed by atoms with Gasteiger partial charge in [0.05, 0.1) is 37.1 Å². The fourth-order valence-corrected chi connectivity index (χ4v) is 2.82. The van der Waals surface area contributed by atoms with E-state index in [-0.39, 0.29) is 6.10 Å². The lowest BCUT2D eigenvalue weighted by molar-refractivity contribution is -0.0400. The van der Waals surface area contributed by atoms with Gasteiger partial charge in [-0.3, -0.25) is 9.58 Å². The van der Waals surface area contributed by atoms with E-state index in [1.165, 1.54) is 0 Å². The highest BCUT2D eigenvalue weighted by molar-refractivity contribution is 5.36. The second-order valence-corrected chi connectivity index (χ2v) is 6.02. The molecule has 2 aromatic rings. The number of ether oxygens (including phenoxy) is 2. The van der Waals surface area contributed by atoms with Gasteiger partial charge in [0, 0.05) is 25.8 Å². The number of rotatable bonds is 6. The lowest BCUT2D eigenvalue weighted by Gasteiger charge is -2.32. The zero-order valence-corrected chi connectivity index (χ0v) is 13.9. The second kappa shape index (κ2) is 7.95. The zero-order valence-electron chi connectivity index (χ0n) is 13.9. The highest BCUT2D eigenvalue weighted by Crippen LogP contribution is 2.13. The van der Waals surface area contributed by atoms with Crippen molar-refractivity contribution in [1.82, 2.24) is 14.7 Å². The number of nitrogens with zero attached hydrogens (tertiary/aromatic N) is 4. The summed E-state index contributed by atoms with van der Waals surface area (Å²) in [7, 11) is 0. The van der Waals surface area contributed by atoms with Crippen LogP contribution in [0.2, 0.25) is 0 Å². The normalized spacial score (nSPS) is 18.2. The number of hydrogen-bond acceptors (Lipinski definition) is 5. The van der Waals surface area contributed by atoms with Crippen LogP contribution >= 0.6 is 0 Å². The number of benzene rings is 1. The van der Waals surface area contributed by atoms with Crippen LogP contribution in [-0.4, -0.2) is 53.6 Å². The molecule has 0 N–H and O–H groups in total. The van der Waals surface area contributed by atoms with Crippen molar-refractivity contribution in [1.29, 1.82) is 5.26 Å². The van der Waals surface area contributed by atoms with Crippen LogP contribution in [0.15, 0.2) is 36.7 Å². The number of aryl methyl sites for hydroxylation is 1. The average molecular weight is 326 g/mol. The number of aromatic nitrogens is 2. The molecule has 1 atom stereocenters. The Labute approximate surface area is 142 Å². The third-order valence-electron chi connectivity index (χ3n) is 4.02. The molecule has 1 unspecified atom stereocenters. The highest BCUT2D eigenvalue weighted by atomic mass is 16.5. The van der Waals surface area contributed by atoms with Crippen LogP contribution in [0.25, 0.3) is 0 Å². The van der Waals surface area contributed by atoms with Gasteiger partial charge >= 0.3 is 0 Å². The van der Waals surface area contributed by atoms with E-state index in [1.54, 1.807) is 12.1 Å². The Morgan fingerprint density at radius 2 is 2.38 bits per heavy atom. The van der Waals surface area contributed by atoms with Crippen molar-refractivity contribution < 1.29 is 9.47 Å². The van der Waals surface area contributed by atoms with Gasteiger partial charge in [-0.25, -0.2) is 0 Å². The molecule has 6 nitrogen and oxygen atoms in total. The van der Waals surface area contributed by atoms with Gasteiger partial charge in [-0.1, -0.05) is 6.07 Å². The summed E-state index contributed by atoms with van der Waals surface area (Å²) in [5, 5.41) is 13.2. The van der Waals surface area contributed by atoms with Crippen LogP contribution in [0.1, 0.15) is 11.1 Å². The highest BCUT2D eigenvalue weighted by Gasteiger charge is 2.21. The molecular weight excluding hydrogens is 304 g/mol. The average Bonchev–Trinajstić information content (AvgIpc) is 3.00. The van der Waals surface area contributed by atoms with E-state index in [0.29, 0.717) is 12.2 Å². The Morgan fingerprint density at radius 3 is 3.17 bits per heavy atom. The summed E-state index contributed by atoms with van der Waals surface area (Å²) in [6.07, 6.45) is 4.05. The van der Waals surface area contributed by atoms with Gasteiger partial charge in [-0.2, -0.15) is 10.4 Å². The molecular formula is C18H22N4O2. The third-order valence-corrected chi connectivity index (χ3v) is 4.02. The van der Waals surface area contributed by atoms with Crippen molar-refractivity contribution in [2.75, 3.05) is 32.8 Å². The Balaban J connectivity index is 1.44. The molecule has 1 fully saturated rings. The summed E-state index contributed by atoms with van der Waals surface area (Å²) in [5.41, 5.74) is 1.78. The first-order valence-corrected chi connectivity index (χ1v) is 8.19. The van der Waals surface area contributed by atoms with Crippen molar-refractivity contribution in [2.24, 2.45) is 0 Å². The third kappa shape index (κ3) is 4.57. The lowest BCUT2D eigenvalue weighted by atomic mass is 10.2. The van der Waals surface area contributed by atoms with Crippen molar-refractivity contribution in [2.45, 2.75) is 19.6 Å². The van der Waals surface area contributed by atoms with E-state index in [1.807, 2.05) is 36.1 Å². The number of morpholine rings is 1. The quantitative estimate of drug-likeness (QED) is 0.810. The predicted octanol–water partition coefficient (Wildman–Crippen LogP) is 1.84. The summed E-state index contributed by atoms with van der Waals surface area (Å²) in [5.74, 6) is 0.742. The van der Waals surface area contributed by atoms with E-state index >= 15 is 0 Å². The summed E-state index contributed by atoms with van der Waals surface area (Å²) < 4.78 is 13.5. The number of nitriles is 1. The van der Waals surface area contributed by atoms with Crippen LogP contribution in [0.3, 0.4) is 0 Å². The minimum absolute atomic E-state index is 0.153. The minimum atomic E-state index is 0.153. The molecule has 2 heterocycles. The molecule has 3 rings (SSSR count). The lowest BCUT2D eigenvalue weighted by Crippen LogP contribution is -2.45. The maximum atomic E-state index is 8.91. The summed E-state index contributed by atoms with van der Waals surface area (Å²) in [6.45, 7) is 6.77. The molecule has 1 aliphatic heterocycles. The van der Waals surface area contributed by atoms with E-state index in [4.69, 9.17) is 14.7 Å². The smallest absolute Gasteiger partial charge is 0.120 e. The first kappa shape index (κ1) is 16.5. The molecule has 126 valence electrons. The monoisotopic (exact) mass is 326 g/mol. The van der Waals surface area contributed by atoms with Gasteiger partial charge < -0.3 is 9.47 Å². The second-order valence-electron chi connectivity index (χ2n) is 6.02. The Morgan fingerprint density at radius 1 is 1.46 bits per heavy atom. The molecule has 24 heavy (non-hydrogen) atoms. The summed E-state index contributed by atoms with van der Waals surface area (Å²) >= 11 is 0. The maximum Gasteiger partial charge on any atom is 0.120 e. The molecule has 1 saturated heterocycles. The largest absolute Gasteiger partial charge is 0.492 e. The first-order valence-electron chi connectivity index (χ1n) is 8.19. The Hall–Kier alpha value is -2.36. The molecule has 0 saturated carbocycles. The molecule has 0 spiro atoms. The van der Waals surface area contributed by atoms with E-state index in [2.05, 4.69) is 16.1 Å². The maximum absolute atomic E-state index is 8.91. The van der Waals surface area contributed by atoms with Crippen LogP contribution in [0, 0.1) is 18.3 Å². The molecule has 1 aromatic carbocycles. The fraction of sp³-hybridized carbons (Fsp3) is 0.444. The van der Waals surface area contributed by atoms with Gasteiger partial charge in [0.2, 0.25) is 0 Å². The topological polar surface area (TPSA) is 63.3 Å². The Kier molecular flexibility index (Phi) is 5.47. The molecule has 0 radical (unpaired) electrons. The minimum Gasteiger partial charge on any atom is -0.492 e. The van der Waals surface area contributed by atoms with Crippen molar-refractivity contribution >= 4 is 0 Å². The van der Waals surface area contributed by atoms with Crippen molar-refractivity contribution in [3.8, 4) is 11.8 Å².